The van der Waals surface area contributed by atoms with E-state index in [1.807, 2.05) is 43.3 Å². The molecular formula is C28H32FN3O3. The number of carbonyl (C=O) groups is 1. The fourth-order valence-electron chi connectivity index (χ4n) is 4.28. The number of anilines is 1. The summed E-state index contributed by atoms with van der Waals surface area (Å²) < 4.78 is 24.2. The summed E-state index contributed by atoms with van der Waals surface area (Å²) in [5.74, 6) is -0.889. The van der Waals surface area contributed by atoms with Gasteiger partial charge >= 0.3 is 0 Å². The van der Waals surface area contributed by atoms with Gasteiger partial charge in [0.2, 0.25) is 11.9 Å². The van der Waals surface area contributed by atoms with Gasteiger partial charge in [-0.25, -0.2) is 4.98 Å². The van der Waals surface area contributed by atoms with Crippen LogP contribution in [-0.2, 0) is 20.9 Å². The number of nitrogens with two attached hydrogens (primary N) is 1. The topological polar surface area (TPSA) is 77.7 Å². The zero-order chi connectivity index (χ0) is 24.9. The van der Waals surface area contributed by atoms with E-state index in [4.69, 9.17) is 15.2 Å². The number of halogens is 1. The number of rotatable bonds is 10. The second-order valence-electron chi connectivity index (χ2n) is 9.06. The molecule has 0 aliphatic heterocycles. The molecular weight excluding hydrogens is 445 g/mol. The summed E-state index contributed by atoms with van der Waals surface area (Å²) in [6, 6.07) is 20.5. The highest BCUT2D eigenvalue weighted by molar-refractivity contribution is 5.97. The van der Waals surface area contributed by atoms with E-state index in [1.165, 1.54) is 6.07 Å². The van der Waals surface area contributed by atoms with E-state index in [2.05, 4.69) is 17.1 Å². The lowest BCUT2D eigenvalue weighted by Gasteiger charge is -2.29. The van der Waals surface area contributed by atoms with Crippen LogP contribution in [0.5, 0.6) is 0 Å². The van der Waals surface area contributed by atoms with Gasteiger partial charge in [-0.2, -0.15) is 4.39 Å². The molecule has 1 fully saturated rings. The van der Waals surface area contributed by atoms with Gasteiger partial charge in [0.05, 0.1) is 12.7 Å². The van der Waals surface area contributed by atoms with Crippen molar-refractivity contribution in [1.82, 2.24) is 4.98 Å². The minimum absolute atomic E-state index is 0.0310. The lowest BCUT2D eigenvalue weighted by Crippen LogP contribution is -2.47. The normalized spacial score (nSPS) is 18.7. The molecule has 4 atom stereocenters. The van der Waals surface area contributed by atoms with Crippen LogP contribution in [0.15, 0.2) is 66.7 Å². The molecule has 2 aromatic carbocycles. The minimum Gasteiger partial charge on any atom is -0.380 e. The van der Waals surface area contributed by atoms with Gasteiger partial charge < -0.3 is 20.1 Å². The molecule has 0 spiro atoms. The Morgan fingerprint density at radius 2 is 1.74 bits per heavy atom. The van der Waals surface area contributed by atoms with Gasteiger partial charge in [-0.05, 0) is 54.3 Å². The zero-order valence-electron chi connectivity index (χ0n) is 20.4. The summed E-state index contributed by atoms with van der Waals surface area (Å²) in [7, 11) is 3.29. The van der Waals surface area contributed by atoms with Crippen LogP contribution in [0.2, 0.25) is 0 Å². The highest BCUT2D eigenvalue weighted by Gasteiger charge is 2.47. The molecule has 2 N–H and O–H groups in total. The van der Waals surface area contributed by atoms with Gasteiger partial charge in [0, 0.05) is 50.0 Å². The summed E-state index contributed by atoms with van der Waals surface area (Å²) in [6.45, 7) is 2.78. The highest BCUT2D eigenvalue weighted by atomic mass is 19.1. The second kappa shape index (κ2) is 11.1. The molecule has 0 unspecified atom stereocenters. The summed E-state index contributed by atoms with van der Waals surface area (Å²) in [5.41, 5.74) is 11.0. The maximum atomic E-state index is 13.6. The predicted octanol–water partition coefficient (Wildman–Crippen LogP) is 4.53. The van der Waals surface area contributed by atoms with Crippen LogP contribution in [-0.4, -0.2) is 43.8 Å². The number of hydrogen-bond acceptors (Lipinski definition) is 5. The van der Waals surface area contributed by atoms with Crippen molar-refractivity contribution in [3.63, 3.8) is 0 Å². The van der Waals surface area contributed by atoms with Crippen LogP contribution in [0.3, 0.4) is 0 Å². The molecule has 1 amide bonds. The third-order valence-corrected chi connectivity index (χ3v) is 6.64. The number of nitrogens with zero attached hydrogens (tertiary/aromatic N) is 2. The first-order valence-electron chi connectivity index (χ1n) is 11.8. The molecule has 1 aliphatic rings. The van der Waals surface area contributed by atoms with Gasteiger partial charge in [0.25, 0.3) is 0 Å². The van der Waals surface area contributed by atoms with Gasteiger partial charge in [-0.1, -0.05) is 42.5 Å². The molecule has 0 bridgehead atoms. The van der Waals surface area contributed by atoms with Gasteiger partial charge in [0.1, 0.15) is 0 Å². The molecule has 1 saturated carbocycles. The third-order valence-electron chi connectivity index (χ3n) is 6.64. The molecule has 0 saturated heterocycles. The standard InChI is InChI=1S/C28H32FN3O3/c1-18(35-3)25(30)16-32(28(33)24-15-23(24)26-5-4-6-27(29)31-26)22-13-11-21(12-14-22)20-9-7-19(8-10-20)17-34-2/h4-14,18,23-25H,15-17,30H2,1-3H3/t18-,23-,24-,25-/m1/s1. The molecule has 3 aromatic rings. The van der Waals surface area contributed by atoms with Crippen molar-refractivity contribution in [3.8, 4) is 11.1 Å². The van der Waals surface area contributed by atoms with E-state index in [9.17, 15) is 9.18 Å². The summed E-state index contributed by atoms with van der Waals surface area (Å²) >= 11 is 0. The largest absolute Gasteiger partial charge is 0.380 e. The first kappa shape index (κ1) is 25.0. The van der Waals surface area contributed by atoms with Crippen LogP contribution in [0.25, 0.3) is 11.1 Å². The second-order valence-corrected chi connectivity index (χ2v) is 9.06. The van der Waals surface area contributed by atoms with Crippen molar-refractivity contribution in [2.75, 3.05) is 25.7 Å². The molecule has 1 aliphatic carbocycles. The molecule has 0 radical (unpaired) electrons. The van der Waals surface area contributed by atoms with E-state index in [0.717, 1.165) is 22.4 Å². The Bertz CT molecular complexity index is 1140. The number of carbonyl (C=O) groups excluding carboxylic acids is 1. The van der Waals surface area contributed by atoms with Crippen LogP contribution >= 0.6 is 0 Å². The summed E-state index contributed by atoms with van der Waals surface area (Å²) in [6.07, 6.45) is 0.433. The summed E-state index contributed by atoms with van der Waals surface area (Å²) in [5, 5.41) is 0. The SMILES string of the molecule is COCc1ccc(-c2ccc(N(C[C@@H](N)[C@@H](C)OC)C(=O)[C@@H]3C[C@H]3c3cccc(F)n3)cc2)cc1. The molecule has 1 heterocycles. The Balaban J connectivity index is 1.55. The number of methoxy groups -OCH3 is 2. The Kier molecular flexibility index (Phi) is 7.90. The van der Waals surface area contributed by atoms with Crippen molar-refractivity contribution in [1.29, 1.82) is 0 Å². The first-order chi connectivity index (χ1) is 16.9. The van der Waals surface area contributed by atoms with E-state index in [-0.39, 0.29) is 29.9 Å². The highest BCUT2D eigenvalue weighted by Crippen LogP contribution is 2.48. The van der Waals surface area contributed by atoms with Crippen LogP contribution < -0.4 is 10.6 Å². The number of pyridine rings is 1. The lowest BCUT2D eigenvalue weighted by molar-refractivity contribution is -0.120. The Morgan fingerprint density at radius 1 is 1.09 bits per heavy atom. The fraction of sp³-hybridized carbons (Fsp3) is 0.357. The Morgan fingerprint density at radius 3 is 2.34 bits per heavy atom. The average Bonchev–Trinajstić information content (AvgIpc) is 3.68. The predicted molar refractivity (Wildman–Crippen MR) is 134 cm³/mol. The van der Waals surface area contributed by atoms with Crippen molar-refractivity contribution in [2.24, 2.45) is 11.7 Å². The van der Waals surface area contributed by atoms with E-state index < -0.39 is 5.95 Å². The Labute approximate surface area is 205 Å². The lowest BCUT2D eigenvalue weighted by atomic mass is 10.0. The minimum atomic E-state index is -0.528. The Hall–Kier alpha value is -3.13. The molecule has 4 rings (SSSR count). The smallest absolute Gasteiger partial charge is 0.230 e. The molecule has 1 aromatic heterocycles. The maximum absolute atomic E-state index is 13.6. The number of amides is 1. The fourth-order valence-corrected chi connectivity index (χ4v) is 4.28. The van der Waals surface area contributed by atoms with Crippen molar-refractivity contribution < 1.29 is 18.7 Å². The molecule has 7 heteroatoms. The number of benzene rings is 2. The van der Waals surface area contributed by atoms with E-state index in [0.29, 0.717) is 25.3 Å². The zero-order valence-corrected chi connectivity index (χ0v) is 20.4. The van der Waals surface area contributed by atoms with E-state index >= 15 is 0 Å². The van der Waals surface area contributed by atoms with Crippen molar-refractivity contribution in [3.05, 3.63) is 83.9 Å². The van der Waals surface area contributed by atoms with Gasteiger partial charge in [0.15, 0.2) is 0 Å². The third kappa shape index (κ3) is 5.93. The first-order valence-corrected chi connectivity index (χ1v) is 11.8. The van der Waals surface area contributed by atoms with E-state index in [1.54, 1.807) is 31.3 Å². The average molecular weight is 478 g/mol. The molecule has 35 heavy (non-hydrogen) atoms. The van der Waals surface area contributed by atoms with Crippen molar-refractivity contribution in [2.45, 2.75) is 38.0 Å². The van der Waals surface area contributed by atoms with Gasteiger partial charge in [-0.3, -0.25) is 4.79 Å². The van der Waals surface area contributed by atoms with Crippen LogP contribution in [0.1, 0.15) is 30.5 Å². The number of hydrogen-bond donors (Lipinski definition) is 1. The number of aromatic nitrogens is 1. The monoisotopic (exact) mass is 477 g/mol. The van der Waals surface area contributed by atoms with Crippen LogP contribution in [0, 0.1) is 11.9 Å². The maximum Gasteiger partial charge on any atom is 0.230 e. The van der Waals surface area contributed by atoms with Crippen LogP contribution in [0.4, 0.5) is 10.1 Å². The van der Waals surface area contributed by atoms with Crippen molar-refractivity contribution >= 4 is 11.6 Å². The quantitative estimate of drug-likeness (QED) is 0.434. The van der Waals surface area contributed by atoms with Gasteiger partial charge in [-0.15, -0.1) is 0 Å². The molecule has 6 nitrogen and oxygen atoms in total. The number of ether oxygens (including phenoxy) is 2. The summed E-state index contributed by atoms with van der Waals surface area (Å²) in [4.78, 5) is 19.3. The molecule has 184 valence electrons.